The molecule has 0 aromatic heterocycles. The number of halogens is 3. The van der Waals surface area contributed by atoms with Crippen molar-refractivity contribution >= 4 is 17.9 Å². The van der Waals surface area contributed by atoms with Crippen LogP contribution in [0.5, 0.6) is 0 Å². The summed E-state index contributed by atoms with van der Waals surface area (Å²) in [5, 5.41) is 2.58. The Bertz CT molecular complexity index is 1300. The van der Waals surface area contributed by atoms with Crippen LogP contribution in [0.25, 0.3) is 0 Å². The van der Waals surface area contributed by atoms with E-state index in [9.17, 15) is 27.6 Å². The molecule has 0 radical (unpaired) electrons. The number of benzene rings is 3. The van der Waals surface area contributed by atoms with Crippen LogP contribution in [0.1, 0.15) is 27.8 Å². The lowest BCUT2D eigenvalue weighted by atomic mass is 9.93. The van der Waals surface area contributed by atoms with E-state index in [0.717, 1.165) is 28.8 Å². The number of nitrogens with zero attached hydrogens (tertiary/aromatic N) is 1. The molecule has 0 spiro atoms. The third kappa shape index (κ3) is 6.50. The molecule has 10 heteroatoms. The Morgan fingerprint density at radius 1 is 0.921 bits per heavy atom. The molecule has 1 aliphatic heterocycles. The quantitative estimate of drug-likeness (QED) is 0.487. The average Bonchev–Trinajstić information content (AvgIpc) is 2.90. The lowest BCUT2D eigenvalue weighted by Gasteiger charge is -2.35. The summed E-state index contributed by atoms with van der Waals surface area (Å²) in [5.41, 5.74) is 7.58. The molecule has 0 bridgehead atoms. The predicted molar refractivity (Wildman–Crippen MR) is 132 cm³/mol. The largest absolute Gasteiger partial charge is 0.445 e. The molecule has 7 nitrogen and oxygen atoms in total. The Labute approximate surface area is 217 Å². The maximum absolute atomic E-state index is 13.4. The first kappa shape index (κ1) is 26.7. The van der Waals surface area contributed by atoms with Crippen LogP contribution in [0, 0.1) is 0 Å². The third-order valence-electron chi connectivity index (χ3n) is 6.37. The summed E-state index contributed by atoms with van der Waals surface area (Å²) in [6.45, 7) is 0.145. The third-order valence-corrected chi connectivity index (χ3v) is 6.37. The minimum atomic E-state index is -4.49. The van der Waals surface area contributed by atoms with E-state index in [1.807, 2.05) is 54.6 Å². The van der Waals surface area contributed by atoms with Gasteiger partial charge >= 0.3 is 12.3 Å². The van der Waals surface area contributed by atoms with Crippen LogP contribution in [0.15, 0.2) is 78.9 Å². The standard InChI is InChI=1S/C28H26F3N3O4/c29-28(30,31)22-12-10-18(11-13-22)14-23(25(32)35)33-26(36)24-15-20-8-4-5-9-21(20)16-34(24)27(37)38-17-19-6-2-1-3-7-19/h1-13,23-24H,14-17H2,(H2,32,35)(H,33,36)/t23-,24+/m1/s1. The molecule has 198 valence electrons. The van der Waals surface area contributed by atoms with Crippen molar-refractivity contribution in [3.63, 3.8) is 0 Å². The zero-order valence-electron chi connectivity index (χ0n) is 20.3. The fraction of sp³-hybridized carbons (Fsp3) is 0.250. The van der Waals surface area contributed by atoms with Gasteiger partial charge in [-0.05, 0) is 34.4 Å². The van der Waals surface area contributed by atoms with Crippen LogP contribution in [0.2, 0.25) is 0 Å². The minimum Gasteiger partial charge on any atom is -0.445 e. The Morgan fingerprint density at radius 3 is 2.18 bits per heavy atom. The van der Waals surface area contributed by atoms with Crippen molar-refractivity contribution in [2.75, 3.05) is 0 Å². The second-order valence-corrected chi connectivity index (χ2v) is 9.02. The number of nitrogens with one attached hydrogen (secondary N) is 1. The summed E-state index contributed by atoms with van der Waals surface area (Å²) in [4.78, 5) is 39.9. The van der Waals surface area contributed by atoms with Gasteiger partial charge in [0, 0.05) is 12.8 Å². The summed E-state index contributed by atoms with van der Waals surface area (Å²) in [6, 6.07) is 18.5. The first-order valence-corrected chi connectivity index (χ1v) is 11.9. The molecule has 3 aromatic rings. The van der Waals surface area contributed by atoms with Crippen molar-refractivity contribution in [3.05, 3.63) is 107 Å². The highest BCUT2D eigenvalue weighted by Crippen LogP contribution is 2.29. The van der Waals surface area contributed by atoms with Gasteiger partial charge < -0.3 is 15.8 Å². The fourth-order valence-electron chi connectivity index (χ4n) is 4.31. The number of alkyl halides is 3. The zero-order valence-corrected chi connectivity index (χ0v) is 20.3. The van der Waals surface area contributed by atoms with Gasteiger partial charge in [0.2, 0.25) is 11.8 Å². The maximum Gasteiger partial charge on any atom is 0.416 e. The molecule has 3 N–H and O–H groups in total. The molecular weight excluding hydrogens is 499 g/mol. The molecule has 3 aromatic carbocycles. The average molecular weight is 526 g/mol. The number of carbonyl (C=O) groups is 3. The van der Waals surface area contributed by atoms with Crippen molar-refractivity contribution in [1.29, 1.82) is 0 Å². The van der Waals surface area contributed by atoms with E-state index in [1.54, 1.807) is 0 Å². The number of hydrogen-bond donors (Lipinski definition) is 2. The lowest BCUT2D eigenvalue weighted by Crippen LogP contribution is -2.56. The van der Waals surface area contributed by atoms with Gasteiger partial charge in [0.05, 0.1) is 12.1 Å². The van der Waals surface area contributed by atoms with Crippen molar-refractivity contribution in [2.45, 2.75) is 44.3 Å². The number of rotatable bonds is 7. The van der Waals surface area contributed by atoms with E-state index in [2.05, 4.69) is 5.32 Å². The molecule has 1 aliphatic rings. The smallest absolute Gasteiger partial charge is 0.416 e. The molecule has 3 amide bonds. The van der Waals surface area contributed by atoms with Gasteiger partial charge in [-0.3, -0.25) is 14.5 Å². The molecule has 0 unspecified atom stereocenters. The van der Waals surface area contributed by atoms with Crippen molar-refractivity contribution < 1.29 is 32.3 Å². The van der Waals surface area contributed by atoms with Crippen LogP contribution in [0.4, 0.5) is 18.0 Å². The SMILES string of the molecule is NC(=O)[C@@H](Cc1ccc(C(F)(F)F)cc1)NC(=O)[C@@H]1Cc2ccccc2CN1C(=O)OCc1ccccc1. The van der Waals surface area contributed by atoms with Gasteiger partial charge in [-0.2, -0.15) is 13.2 Å². The number of ether oxygens (including phenoxy) is 1. The van der Waals surface area contributed by atoms with E-state index >= 15 is 0 Å². The van der Waals surface area contributed by atoms with Gasteiger partial charge in [-0.15, -0.1) is 0 Å². The number of fused-ring (bicyclic) bond motifs is 1. The number of nitrogens with two attached hydrogens (primary N) is 1. The normalized spacial score (nSPS) is 15.8. The van der Waals surface area contributed by atoms with E-state index in [4.69, 9.17) is 10.5 Å². The van der Waals surface area contributed by atoms with Crippen molar-refractivity contribution in [2.24, 2.45) is 5.73 Å². The molecule has 2 atom stereocenters. The van der Waals surface area contributed by atoms with Gasteiger partial charge in [0.15, 0.2) is 0 Å². The van der Waals surface area contributed by atoms with E-state index in [1.165, 1.54) is 17.0 Å². The Kier molecular flexibility index (Phi) is 7.99. The van der Waals surface area contributed by atoms with Crippen LogP contribution in [-0.2, 0) is 46.5 Å². The Morgan fingerprint density at radius 2 is 1.55 bits per heavy atom. The number of carbonyl (C=O) groups excluding carboxylic acids is 3. The van der Waals surface area contributed by atoms with Crippen LogP contribution in [-0.4, -0.2) is 34.9 Å². The minimum absolute atomic E-state index is 0.0178. The predicted octanol–water partition coefficient (Wildman–Crippen LogP) is 3.98. The first-order valence-electron chi connectivity index (χ1n) is 11.9. The van der Waals surface area contributed by atoms with Gasteiger partial charge in [-0.1, -0.05) is 66.7 Å². The van der Waals surface area contributed by atoms with E-state index in [-0.39, 0.29) is 26.0 Å². The zero-order chi connectivity index (χ0) is 27.3. The molecule has 38 heavy (non-hydrogen) atoms. The Hall–Kier alpha value is -4.34. The van der Waals surface area contributed by atoms with Crippen molar-refractivity contribution in [3.8, 4) is 0 Å². The highest BCUT2D eigenvalue weighted by Gasteiger charge is 2.37. The fourth-order valence-corrected chi connectivity index (χ4v) is 4.31. The van der Waals surface area contributed by atoms with E-state index < -0.39 is 41.7 Å². The van der Waals surface area contributed by atoms with Crippen molar-refractivity contribution in [1.82, 2.24) is 10.2 Å². The molecule has 1 heterocycles. The van der Waals surface area contributed by atoms with Gasteiger partial charge in [0.1, 0.15) is 18.7 Å². The lowest BCUT2D eigenvalue weighted by molar-refractivity contribution is -0.137. The first-order chi connectivity index (χ1) is 18.1. The second kappa shape index (κ2) is 11.4. The van der Waals surface area contributed by atoms with Gasteiger partial charge in [-0.25, -0.2) is 4.79 Å². The van der Waals surface area contributed by atoms with E-state index in [0.29, 0.717) is 5.56 Å². The monoisotopic (exact) mass is 525 g/mol. The molecule has 0 saturated heterocycles. The van der Waals surface area contributed by atoms with Gasteiger partial charge in [0.25, 0.3) is 0 Å². The van der Waals surface area contributed by atoms with Crippen LogP contribution < -0.4 is 11.1 Å². The number of amides is 3. The topological polar surface area (TPSA) is 102 Å². The Balaban J connectivity index is 1.50. The highest BCUT2D eigenvalue weighted by molar-refractivity contribution is 5.91. The molecule has 0 fully saturated rings. The number of primary amides is 1. The molecule has 0 saturated carbocycles. The summed E-state index contributed by atoms with van der Waals surface area (Å²) >= 11 is 0. The highest BCUT2D eigenvalue weighted by atomic mass is 19.4. The molecule has 0 aliphatic carbocycles. The molecular formula is C28H26F3N3O4. The summed E-state index contributed by atoms with van der Waals surface area (Å²) in [6.07, 6.45) is -5.11. The summed E-state index contributed by atoms with van der Waals surface area (Å²) in [5.74, 6) is -1.47. The molecule has 4 rings (SSSR count). The van der Waals surface area contributed by atoms with Crippen LogP contribution >= 0.6 is 0 Å². The van der Waals surface area contributed by atoms with Crippen LogP contribution in [0.3, 0.4) is 0 Å². The number of hydrogen-bond acceptors (Lipinski definition) is 4. The summed E-state index contributed by atoms with van der Waals surface area (Å²) < 4.78 is 44.1. The maximum atomic E-state index is 13.4. The summed E-state index contributed by atoms with van der Waals surface area (Å²) in [7, 11) is 0. The second-order valence-electron chi connectivity index (χ2n) is 9.02.